The van der Waals surface area contributed by atoms with Gasteiger partial charge in [0.25, 0.3) is 0 Å². The van der Waals surface area contributed by atoms with Gasteiger partial charge in [-0.25, -0.2) is 14.2 Å². The second-order valence-corrected chi connectivity index (χ2v) is 6.42. The van der Waals surface area contributed by atoms with Crippen LogP contribution in [0.4, 0.5) is 4.39 Å². The number of fused-ring (bicyclic) bond motifs is 1. The fourth-order valence-corrected chi connectivity index (χ4v) is 3.21. The van der Waals surface area contributed by atoms with Gasteiger partial charge in [0.2, 0.25) is 5.43 Å². The van der Waals surface area contributed by atoms with Crippen LogP contribution in [0.1, 0.15) is 28.9 Å². The van der Waals surface area contributed by atoms with Gasteiger partial charge >= 0.3 is 5.97 Å². The summed E-state index contributed by atoms with van der Waals surface area (Å²) >= 11 is 0. The quantitative estimate of drug-likeness (QED) is 0.742. The van der Waals surface area contributed by atoms with Crippen LogP contribution in [0.5, 0.6) is 0 Å². The number of pyridine rings is 2. The van der Waals surface area contributed by atoms with Crippen molar-refractivity contribution in [2.45, 2.75) is 19.3 Å². The summed E-state index contributed by atoms with van der Waals surface area (Å²) in [4.78, 5) is 32.2. The second kappa shape index (κ2) is 7.28. The first-order chi connectivity index (χ1) is 12.0. The van der Waals surface area contributed by atoms with Crippen molar-refractivity contribution in [3.05, 3.63) is 39.6 Å². The van der Waals surface area contributed by atoms with E-state index in [1.165, 1.54) is 0 Å². The number of carbonyl (C=O) groups is 1. The molecule has 0 unspecified atom stereocenters. The van der Waals surface area contributed by atoms with Crippen LogP contribution >= 0.6 is 0 Å². The van der Waals surface area contributed by atoms with Crippen LogP contribution in [0, 0.1) is 11.7 Å². The van der Waals surface area contributed by atoms with Gasteiger partial charge in [0.1, 0.15) is 17.0 Å². The van der Waals surface area contributed by atoms with Crippen LogP contribution in [0.2, 0.25) is 0 Å². The molecule has 2 aromatic heterocycles. The van der Waals surface area contributed by atoms with E-state index in [-0.39, 0.29) is 16.7 Å². The average molecular weight is 348 g/mol. The summed E-state index contributed by atoms with van der Waals surface area (Å²) in [5, 5.41) is 8.92. The Balaban J connectivity index is 1.77. The van der Waals surface area contributed by atoms with Crippen molar-refractivity contribution < 1.29 is 14.3 Å². The highest BCUT2D eigenvalue weighted by Crippen LogP contribution is 2.17. The Morgan fingerprint density at radius 3 is 2.80 bits per heavy atom. The molecule has 0 saturated carbocycles. The number of hydrogen-bond donors (Lipinski definition) is 3. The molecule has 0 radical (unpaired) electrons. The Kier molecular flexibility index (Phi) is 5.10. The molecule has 25 heavy (non-hydrogen) atoms. The van der Waals surface area contributed by atoms with E-state index in [2.05, 4.69) is 14.9 Å². The molecule has 0 aliphatic carbocycles. The zero-order chi connectivity index (χ0) is 18.0. The Hall–Kier alpha value is -2.32. The molecular formula is C17H21FN4O3. The molecule has 1 fully saturated rings. The van der Waals surface area contributed by atoms with Crippen molar-refractivity contribution >= 4 is 17.0 Å². The van der Waals surface area contributed by atoms with Gasteiger partial charge in [-0.15, -0.1) is 0 Å². The molecule has 0 spiro atoms. The summed E-state index contributed by atoms with van der Waals surface area (Å²) in [6, 6.07) is 1.07. The predicted octanol–water partition coefficient (Wildman–Crippen LogP) is 0.974. The maximum absolute atomic E-state index is 14.3. The molecule has 1 aliphatic heterocycles. The monoisotopic (exact) mass is 348 g/mol. The lowest BCUT2D eigenvalue weighted by molar-refractivity contribution is 0.0695. The SMILES string of the molecule is NCC1CCN(CCc2nc3[nH]cc(C(=O)O)c(=O)c3cc2F)CC1. The fraction of sp³-hybridized carbons (Fsp3) is 0.471. The Morgan fingerprint density at radius 1 is 1.44 bits per heavy atom. The van der Waals surface area contributed by atoms with E-state index in [0.717, 1.165) is 38.2 Å². The van der Waals surface area contributed by atoms with Crippen LogP contribution in [0.15, 0.2) is 17.1 Å². The first-order valence-electron chi connectivity index (χ1n) is 8.36. The average Bonchev–Trinajstić information content (AvgIpc) is 2.61. The highest BCUT2D eigenvalue weighted by Gasteiger charge is 2.19. The van der Waals surface area contributed by atoms with Crippen LogP contribution in [-0.4, -0.2) is 52.1 Å². The smallest absolute Gasteiger partial charge is 0.341 e. The Bertz CT molecular complexity index is 844. The van der Waals surface area contributed by atoms with E-state index < -0.39 is 22.8 Å². The van der Waals surface area contributed by atoms with Crippen molar-refractivity contribution in [3.63, 3.8) is 0 Å². The minimum Gasteiger partial charge on any atom is -0.477 e. The first kappa shape index (κ1) is 17.5. The third-order valence-electron chi connectivity index (χ3n) is 4.83. The summed E-state index contributed by atoms with van der Waals surface area (Å²) in [6.07, 6.45) is 3.63. The molecule has 0 aromatic carbocycles. The molecule has 8 heteroatoms. The van der Waals surface area contributed by atoms with E-state index in [0.29, 0.717) is 25.4 Å². The highest BCUT2D eigenvalue weighted by atomic mass is 19.1. The van der Waals surface area contributed by atoms with E-state index >= 15 is 0 Å². The van der Waals surface area contributed by atoms with Crippen molar-refractivity contribution in [1.82, 2.24) is 14.9 Å². The number of aromatic amines is 1. The van der Waals surface area contributed by atoms with Crippen molar-refractivity contribution in [2.75, 3.05) is 26.2 Å². The molecule has 134 valence electrons. The number of likely N-dealkylation sites (tertiary alicyclic amines) is 1. The molecule has 7 nitrogen and oxygen atoms in total. The number of carboxylic acid groups (broad SMARTS) is 1. The second-order valence-electron chi connectivity index (χ2n) is 6.42. The molecule has 3 rings (SSSR count). The molecule has 4 N–H and O–H groups in total. The van der Waals surface area contributed by atoms with Crippen LogP contribution in [-0.2, 0) is 6.42 Å². The predicted molar refractivity (Wildman–Crippen MR) is 91.2 cm³/mol. The number of piperidine rings is 1. The molecule has 0 atom stereocenters. The van der Waals surface area contributed by atoms with Gasteiger partial charge in [-0.3, -0.25) is 4.79 Å². The number of nitrogens with zero attached hydrogens (tertiary/aromatic N) is 2. The summed E-state index contributed by atoms with van der Waals surface area (Å²) < 4.78 is 14.3. The lowest BCUT2D eigenvalue weighted by Gasteiger charge is -2.31. The van der Waals surface area contributed by atoms with Gasteiger partial charge in [-0.1, -0.05) is 0 Å². The number of hydrogen-bond acceptors (Lipinski definition) is 5. The van der Waals surface area contributed by atoms with E-state index in [1.54, 1.807) is 0 Å². The fourth-order valence-electron chi connectivity index (χ4n) is 3.21. The van der Waals surface area contributed by atoms with E-state index in [4.69, 9.17) is 10.8 Å². The zero-order valence-corrected chi connectivity index (χ0v) is 13.8. The summed E-state index contributed by atoms with van der Waals surface area (Å²) in [6.45, 7) is 3.27. The van der Waals surface area contributed by atoms with Crippen LogP contribution < -0.4 is 11.2 Å². The maximum atomic E-state index is 14.3. The zero-order valence-electron chi connectivity index (χ0n) is 13.8. The van der Waals surface area contributed by atoms with Gasteiger partial charge in [0.15, 0.2) is 0 Å². The van der Waals surface area contributed by atoms with Crippen LogP contribution in [0.25, 0.3) is 11.0 Å². The number of nitrogens with one attached hydrogen (secondary N) is 1. The summed E-state index contributed by atoms with van der Waals surface area (Å²) in [7, 11) is 0. The highest BCUT2D eigenvalue weighted by molar-refractivity contribution is 5.91. The number of halogens is 1. The summed E-state index contributed by atoms with van der Waals surface area (Å²) in [5.74, 6) is -1.37. The minimum atomic E-state index is -1.35. The molecule has 2 aromatic rings. The number of H-pyrrole nitrogens is 1. The molecular weight excluding hydrogens is 327 g/mol. The standard InChI is InChI=1S/C17H21FN4O3/c18-13-7-11-15(23)12(17(24)25)9-20-16(11)21-14(13)3-6-22-4-1-10(8-19)2-5-22/h7,9-10H,1-6,8,19H2,(H,24,25)(H,20,21,23). The summed E-state index contributed by atoms with van der Waals surface area (Å²) in [5.41, 5.74) is 5.00. The van der Waals surface area contributed by atoms with Crippen molar-refractivity contribution in [3.8, 4) is 0 Å². The lowest BCUT2D eigenvalue weighted by atomic mass is 9.97. The largest absolute Gasteiger partial charge is 0.477 e. The van der Waals surface area contributed by atoms with Gasteiger partial charge in [-0.05, 0) is 44.5 Å². The number of rotatable bonds is 5. The maximum Gasteiger partial charge on any atom is 0.341 e. The number of aromatic nitrogens is 2. The number of carboxylic acids is 1. The van der Waals surface area contributed by atoms with Crippen LogP contribution in [0.3, 0.4) is 0 Å². The third-order valence-corrected chi connectivity index (χ3v) is 4.83. The Labute approximate surface area is 143 Å². The molecule has 0 bridgehead atoms. The van der Waals surface area contributed by atoms with Crippen molar-refractivity contribution in [2.24, 2.45) is 11.7 Å². The van der Waals surface area contributed by atoms with Gasteiger partial charge in [0, 0.05) is 19.2 Å². The Morgan fingerprint density at radius 2 is 2.16 bits per heavy atom. The van der Waals surface area contributed by atoms with Gasteiger partial charge in [0.05, 0.1) is 11.1 Å². The topological polar surface area (TPSA) is 112 Å². The number of aromatic carboxylic acids is 1. The third kappa shape index (κ3) is 3.69. The number of nitrogens with two attached hydrogens (primary N) is 1. The van der Waals surface area contributed by atoms with E-state index in [1.807, 2.05) is 0 Å². The normalized spacial score (nSPS) is 16.4. The van der Waals surface area contributed by atoms with Crippen molar-refractivity contribution in [1.29, 1.82) is 0 Å². The first-order valence-corrected chi connectivity index (χ1v) is 8.36. The molecule has 1 saturated heterocycles. The van der Waals surface area contributed by atoms with Gasteiger partial charge < -0.3 is 20.7 Å². The minimum absolute atomic E-state index is 0.0510. The molecule has 0 amide bonds. The molecule has 1 aliphatic rings. The lowest BCUT2D eigenvalue weighted by Crippen LogP contribution is -2.37. The van der Waals surface area contributed by atoms with E-state index in [9.17, 15) is 14.0 Å². The van der Waals surface area contributed by atoms with Gasteiger partial charge in [-0.2, -0.15) is 0 Å². The molecule has 3 heterocycles.